The number of carbonyl (C=O) groups excluding carboxylic acids is 6. The summed E-state index contributed by atoms with van der Waals surface area (Å²) >= 11 is 4.72. The first-order valence-electron chi connectivity index (χ1n) is 22.5. The topological polar surface area (TPSA) is 285 Å². The van der Waals surface area contributed by atoms with Gasteiger partial charge in [-0.2, -0.15) is 0 Å². The Kier molecular flexibility index (Phi) is 23.4. The van der Waals surface area contributed by atoms with Crippen molar-refractivity contribution < 1.29 is 48.5 Å². The van der Waals surface area contributed by atoms with Crippen molar-refractivity contribution in [2.75, 3.05) is 51.0 Å². The number of aryl methyl sites for hydroxylation is 4. The first-order chi connectivity index (χ1) is 35.8. The molecule has 0 bridgehead atoms. The zero-order chi connectivity index (χ0) is 55.2. The van der Waals surface area contributed by atoms with Crippen molar-refractivity contribution in [1.82, 2.24) is 41.2 Å². The summed E-state index contributed by atoms with van der Waals surface area (Å²) in [6.07, 6.45) is 5.20. The first kappa shape index (κ1) is 59.4. The minimum absolute atomic E-state index is 0.129. The van der Waals surface area contributed by atoms with E-state index in [-0.39, 0.29) is 54.9 Å². The van der Waals surface area contributed by atoms with Gasteiger partial charge in [0, 0.05) is 33.4 Å². The predicted octanol–water partition coefficient (Wildman–Crippen LogP) is 5.54. The number of hydrogen-bond donors (Lipinski definition) is 8. The van der Waals surface area contributed by atoms with Crippen LogP contribution in [0.1, 0.15) is 79.5 Å². The lowest BCUT2D eigenvalue weighted by atomic mass is 10.1. The third-order valence-electron chi connectivity index (χ3n) is 10.5. The molecular formula is C52H55IN10O10S2. The van der Waals surface area contributed by atoms with Gasteiger partial charge in [0.2, 0.25) is 11.9 Å². The monoisotopic (exact) mass is 1170 g/mol. The fraction of sp³-hybridized carbons (Fsp3) is 0.269. The number of rotatable bonds is 16. The first-order valence-corrected chi connectivity index (χ1v) is 25.4. The van der Waals surface area contributed by atoms with Crippen LogP contribution in [0.3, 0.4) is 0 Å². The van der Waals surface area contributed by atoms with Crippen LogP contribution in [0.2, 0.25) is 0 Å². The molecule has 0 fully saturated rings. The van der Waals surface area contributed by atoms with E-state index in [1.807, 2.05) is 25.1 Å². The van der Waals surface area contributed by atoms with Gasteiger partial charge < -0.3 is 51.6 Å². The second kappa shape index (κ2) is 29.5. The van der Waals surface area contributed by atoms with E-state index in [0.717, 1.165) is 9.13 Å². The van der Waals surface area contributed by atoms with Gasteiger partial charge in [-0.15, -0.1) is 29.1 Å². The molecule has 0 aliphatic rings. The molecule has 6 rings (SSSR count). The molecule has 4 aromatic heterocycles. The van der Waals surface area contributed by atoms with Gasteiger partial charge in [-0.1, -0.05) is 42.0 Å². The molecule has 23 heteroatoms. The van der Waals surface area contributed by atoms with Crippen LogP contribution in [0.4, 0.5) is 11.9 Å². The lowest BCUT2D eigenvalue weighted by molar-refractivity contribution is -0.143. The molecule has 75 heavy (non-hydrogen) atoms. The average molecular weight is 1170 g/mol. The van der Waals surface area contributed by atoms with E-state index in [2.05, 4.69) is 92.2 Å². The number of halogens is 1. The maximum atomic E-state index is 13.0. The predicted molar refractivity (Wildman–Crippen MR) is 294 cm³/mol. The Morgan fingerprint density at radius 3 is 1.43 bits per heavy atom. The highest BCUT2D eigenvalue weighted by atomic mass is 127. The van der Waals surface area contributed by atoms with Crippen LogP contribution >= 0.6 is 45.3 Å². The summed E-state index contributed by atoms with van der Waals surface area (Å²) < 4.78 is 10.6. The number of benzene rings is 2. The van der Waals surface area contributed by atoms with E-state index in [1.54, 1.807) is 87.8 Å². The summed E-state index contributed by atoms with van der Waals surface area (Å²) in [5, 5.41) is 38.7. The highest BCUT2D eigenvalue weighted by molar-refractivity contribution is 14.1. The number of esters is 2. The molecule has 0 radical (unpaired) electrons. The summed E-state index contributed by atoms with van der Waals surface area (Å²) in [6, 6.07) is 15.3. The number of aromatic hydroxyl groups is 2. The van der Waals surface area contributed by atoms with E-state index in [1.165, 1.54) is 36.9 Å². The average Bonchev–Trinajstić information content (AvgIpc) is 4.14. The summed E-state index contributed by atoms with van der Waals surface area (Å²) in [7, 11) is 2.40. The van der Waals surface area contributed by atoms with E-state index < -0.39 is 35.8 Å². The number of anilines is 2. The van der Waals surface area contributed by atoms with Gasteiger partial charge in [0.05, 0.1) is 71.0 Å². The molecule has 6 aromatic rings. The molecule has 0 unspecified atom stereocenters. The maximum absolute atomic E-state index is 13.0. The number of terminal acetylenes is 1. The number of carbonyl (C=O) groups is 6. The number of ether oxygens (including phenoxy) is 2. The zero-order valence-electron chi connectivity index (χ0n) is 42.1. The van der Waals surface area contributed by atoms with Crippen LogP contribution in [0.5, 0.6) is 11.5 Å². The SMILES string of the molecule is C#CCNc1nc(C)c(C(=O)N[C@@H](CNC(=O)c2cccs2)C(=O)OC)c(C)n1.COC(=O)[C@H](CNC(=O)c1cccs1)NC(=O)c1c(C)nc(NCC#Cc2cccc(O)c2C)nc1C.Cc1c(O)cccc1I. The second-order valence-electron chi connectivity index (χ2n) is 15.7. The molecule has 20 nitrogen and oxygen atoms in total. The normalized spacial score (nSPS) is 10.9. The third kappa shape index (κ3) is 17.8. The van der Waals surface area contributed by atoms with E-state index >= 15 is 0 Å². The third-order valence-corrected chi connectivity index (χ3v) is 13.4. The number of aromatic nitrogens is 4. The van der Waals surface area contributed by atoms with E-state index in [0.29, 0.717) is 61.3 Å². The molecule has 8 N–H and O–H groups in total. The Morgan fingerprint density at radius 1 is 0.613 bits per heavy atom. The van der Waals surface area contributed by atoms with Gasteiger partial charge in [-0.3, -0.25) is 19.2 Å². The summed E-state index contributed by atoms with van der Waals surface area (Å²) in [6.45, 7) is 10.5. The summed E-state index contributed by atoms with van der Waals surface area (Å²) in [5.74, 6) is 6.31. The van der Waals surface area contributed by atoms with E-state index in [4.69, 9.17) is 21.0 Å². The Bertz CT molecular complexity index is 3030. The number of nitrogens with zero attached hydrogens (tertiary/aromatic N) is 4. The standard InChI is InChI=1S/C26H27N5O5S.C19H21N5O4S.C7H7IO/c1-15-18(8-5-10-20(15)32)9-6-12-27-26-29-16(2)22(17(3)30-26)24(34)31-19(25(35)36-4)14-28-23(33)21-11-7-13-37-21;1-5-8-20-19-22-11(2)15(12(3)23-19)17(26)24-13(18(27)28-4)10-21-16(25)14-7-6-9-29-14;1-5-6(8)3-2-4-7(5)9/h5,7-8,10-11,13,19,32H,12,14H2,1-4H3,(H,28,33)(H,31,34)(H,27,29,30);1,6-7,9,13H,8,10H2,2-4H3,(H,21,25)(H,24,26)(H,20,22,23);2-4,9H,1H3/t19-;13-;/m00./s1. The number of nitrogens with one attached hydrogen (secondary N) is 6. The summed E-state index contributed by atoms with van der Waals surface area (Å²) in [4.78, 5) is 92.5. The van der Waals surface area contributed by atoms with Crippen LogP contribution in [-0.2, 0) is 19.1 Å². The van der Waals surface area contributed by atoms with Crippen molar-refractivity contribution in [3.05, 3.63) is 135 Å². The number of thiophene rings is 2. The Morgan fingerprint density at radius 2 is 1.04 bits per heavy atom. The van der Waals surface area contributed by atoms with Gasteiger partial charge >= 0.3 is 11.9 Å². The van der Waals surface area contributed by atoms with Gasteiger partial charge in [-0.05, 0) is 111 Å². The zero-order valence-corrected chi connectivity index (χ0v) is 45.9. The molecule has 4 heterocycles. The minimum atomic E-state index is -1.10. The summed E-state index contributed by atoms with van der Waals surface area (Å²) in [5.41, 5.74) is 4.45. The van der Waals surface area contributed by atoms with Crippen molar-refractivity contribution in [1.29, 1.82) is 0 Å². The molecular weight excluding hydrogens is 1120 g/mol. The van der Waals surface area contributed by atoms with Crippen molar-refractivity contribution in [3.63, 3.8) is 0 Å². The molecule has 0 aliphatic carbocycles. The quantitative estimate of drug-likeness (QED) is 0.0335. The number of phenols is 2. The Balaban J connectivity index is 0.000000283. The smallest absolute Gasteiger partial charge is 0.330 e. The number of phenolic OH excluding ortho intramolecular Hbond substituents is 2. The number of methoxy groups -OCH3 is 2. The van der Waals surface area contributed by atoms with Crippen molar-refractivity contribution >= 4 is 92.7 Å². The molecule has 4 amide bonds. The minimum Gasteiger partial charge on any atom is -0.508 e. The van der Waals surface area contributed by atoms with Crippen LogP contribution in [-0.4, -0.2) is 118 Å². The van der Waals surface area contributed by atoms with Crippen LogP contribution in [0, 0.1) is 69.3 Å². The van der Waals surface area contributed by atoms with Crippen LogP contribution < -0.4 is 31.9 Å². The fourth-order valence-electron chi connectivity index (χ4n) is 6.51. The van der Waals surface area contributed by atoms with Crippen LogP contribution in [0.25, 0.3) is 0 Å². The van der Waals surface area contributed by atoms with Gasteiger partial charge in [0.1, 0.15) is 23.6 Å². The molecule has 0 aliphatic heterocycles. The number of hydrogen-bond acceptors (Lipinski definition) is 18. The van der Waals surface area contributed by atoms with Crippen LogP contribution in [0.15, 0.2) is 71.4 Å². The highest BCUT2D eigenvalue weighted by Gasteiger charge is 2.27. The fourth-order valence-corrected chi connectivity index (χ4v) is 8.27. The maximum Gasteiger partial charge on any atom is 0.330 e. The van der Waals surface area contributed by atoms with Gasteiger partial charge in [0.25, 0.3) is 23.6 Å². The molecule has 2 aromatic carbocycles. The van der Waals surface area contributed by atoms with Gasteiger partial charge in [0.15, 0.2) is 0 Å². The Labute approximate surface area is 455 Å². The number of amides is 4. The lowest BCUT2D eigenvalue weighted by Crippen LogP contribution is -2.49. The van der Waals surface area contributed by atoms with E-state index in [9.17, 15) is 33.9 Å². The molecule has 0 saturated carbocycles. The lowest BCUT2D eigenvalue weighted by Gasteiger charge is -2.18. The largest absolute Gasteiger partial charge is 0.508 e. The van der Waals surface area contributed by atoms with Crippen molar-refractivity contribution in [2.24, 2.45) is 0 Å². The van der Waals surface area contributed by atoms with Crippen molar-refractivity contribution in [2.45, 2.75) is 53.6 Å². The molecule has 2 atom stereocenters. The Hall–Kier alpha value is -8.13. The highest BCUT2D eigenvalue weighted by Crippen LogP contribution is 2.21. The molecule has 0 spiro atoms. The molecule has 392 valence electrons. The van der Waals surface area contributed by atoms with Gasteiger partial charge in [-0.25, -0.2) is 29.5 Å². The molecule has 0 saturated heterocycles. The second-order valence-corrected chi connectivity index (χ2v) is 18.8. The van der Waals surface area contributed by atoms with Crippen molar-refractivity contribution in [3.8, 4) is 35.7 Å².